The van der Waals surface area contributed by atoms with E-state index >= 15 is 0 Å². The molecule has 1 aliphatic carbocycles. The van der Waals surface area contributed by atoms with E-state index in [0.29, 0.717) is 44.5 Å². The van der Waals surface area contributed by atoms with Gasteiger partial charge in [0.05, 0.1) is 58.0 Å². The van der Waals surface area contributed by atoms with E-state index in [0.717, 1.165) is 109 Å². The Morgan fingerprint density at radius 3 is 2.54 bits per heavy atom. The summed E-state index contributed by atoms with van der Waals surface area (Å²) in [7, 11) is -4.61. The molecule has 18 heteroatoms. The number of aromatic amines is 1. The number of nitro groups is 1. The summed E-state index contributed by atoms with van der Waals surface area (Å²) in [5.41, 5.74) is 10.0. The lowest BCUT2D eigenvalue weighted by Crippen LogP contribution is -2.47. The molecule has 368 valence electrons. The zero-order valence-corrected chi connectivity index (χ0v) is 41.7. The van der Waals surface area contributed by atoms with Gasteiger partial charge >= 0.3 is 0 Å². The summed E-state index contributed by atoms with van der Waals surface area (Å²) in [5, 5.41) is 16.9. The molecule has 2 fully saturated rings. The smallest absolute Gasteiger partial charge is 0.293 e. The normalized spacial score (nSPS) is 19.2. The molecule has 6 heterocycles. The molecule has 0 saturated carbocycles. The average Bonchev–Trinajstić information content (AvgIpc) is 3.94. The maximum atomic E-state index is 14.7. The number of aromatic nitrogens is 3. The number of allylic oxidation sites excluding steroid dienone is 1. The molecule has 3 aliphatic heterocycles. The van der Waals surface area contributed by atoms with Crippen molar-refractivity contribution in [3.05, 3.63) is 122 Å². The molecule has 1 amide bonds. The molecular formula is C52H60ClN9O7S. The van der Waals surface area contributed by atoms with Crippen molar-refractivity contribution >= 4 is 72.2 Å². The molecule has 0 spiro atoms. The van der Waals surface area contributed by atoms with E-state index in [9.17, 15) is 23.3 Å². The van der Waals surface area contributed by atoms with Crippen LogP contribution in [0.25, 0.3) is 33.3 Å². The number of hydrogen-bond donors (Lipinski definition) is 3. The number of halogens is 1. The van der Waals surface area contributed by atoms with Crippen LogP contribution in [-0.4, -0.2) is 121 Å². The predicted octanol–water partition coefficient (Wildman–Crippen LogP) is 8.57. The SMILES string of the molecule is CC(C)N1CCc2c(c3nc4[nH]ccc4cc3n2-c2cc(N3CCN(CC4=C(c5ccc(Cl)cc5)CC(C)(C)CC4)CC3)ccc2C(=O)NS(=O)(=O)c2ccc(NC[C@H]3COCCO3)c([N+](=O)[O-])c2)C1. The van der Waals surface area contributed by atoms with Crippen LogP contribution in [0.4, 0.5) is 17.1 Å². The number of carbonyl (C=O) groups excluding carboxylic acids is 1. The number of nitrogens with one attached hydrogen (secondary N) is 3. The second kappa shape index (κ2) is 19.4. The van der Waals surface area contributed by atoms with Crippen LogP contribution in [0.5, 0.6) is 0 Å². The highest BCUT2D eigenvalue weighted by Gasteiger charge is 2.33. The highest BCUT2D eigenvalue weighted by molar-refractivity contribution is 7.90. The highest BCUT2D eigenvalue weighted by Crippen LogP contribution is 2.44. The van der Waals surface area contributed by atoms with E-state index in [-0.39, 0.29) is 29.3 Å². The van der Waals surface area contributed by atoms with Gasteiger partial charge in [0.15, 0.2) is 0 Å². The van der Waals surface area contributed by atoms with Crippen LogP contribution in [-0.2, 0) is 32.5 Å². The van der Waals surface area contributed by atoms with E-state index in [1.54, 1.807) is 6.07 Å². The van der Waals surface area contributed by atoms with Crippen LogP contribution in [0.1, 0.15) is 74.1 Å². The summed E-state index contributed by atoms with van der Waals surface area (Å²) in [4.78, 5) is 41.6. The van der Waals surface area contributed by atoms with Crippen molar-refractivity contribution in [3.63, 3.8) is 0 Å². The number of anilines is 2. The van der Waals surface area contributed by atoms with E-state index in [2.05, 4.69) is 80.2 Å². The molecule has 4 aliphatic rings. The number of H-pyrrole nitrogens is 1. The minimum absolute atomic E-state index is 0.117. The molecule has 0 radical (unpaired) electrons. The van der Waals surface area contributed by atoms with E-state index < -0.39 is 31.4 Å². The number of rotatable bonds is 13. The minimum atomic E-state index is -4.61. The molecule has 3 aromatic carbocycles. The second-order valence-corrected chi connectivity index (χ2v) is 22.2. The summed E-state index contributed by atoms with van der Waals surface area (Å²) >= 11 is 6.30. The topological polar surface area (TPSA) is 180 Å². The fraction of sp³-hybridized carbons (Fsp3) is 0.423. The van der Waals surface area contributed by atoms with E-state index in [1.165, 1.54) is 28.8 Å². The quantitative estimate of drug-likeness (QED) is 0.0743. The number of nitrogens with zero attached hydrogens (tertiary/aromatic N) is 6. The Bertz CT molecular complexity index is 3120. The lowest BCUT2D eigenvalue weighted by molar-refractivity contribution is -0.384. The zero-order chi connectivity index (χ0) is 48.9. The summed E-state index contributed by atoms with van der Waals surface area (Å²) in [6.45, 7) is 16.0. The monoisotopic (exact) mass is 989 g/mol. The van der Waals surface area contributed by atoms with Crippen LogP contribution >= 0.6 is 11.6 Å². The van der Waals surface area contributed by atoms with Gasteiger partial charge in [0.2, 0.25) is 0 Å². The molecule has 0 bridgehead atoms. The Balaban J connectivity index is 0.982. The van der Waals surface area contributed by atoms with Gasteiger partial charge in [0.1, 0.15) is 11.3 Å². The van der Waals surface area contributed by atoms with Crippen LogP contribution < -0.4 is 14.9 Å². The molecule has 1 atom stereocenters. The van der Waals surface area contributed by atoms with Crippen molar-refractivity contribution < 1.29 is 27.6 Å². The van der Waals surface area contributed by atoms with Gasteiger partial charge in [-0.25, -0.2) is 18.1 Å². The first-order valence-electron chi connectivity index (χ1n) is 24.2. The molecule has 3 aromatic heterocycles. The Hall–Kier alpha value is -5.82. The number of fused-ring (bicyclic) bond motifs is 4. The largest absolute Gasteiger partial charge is 0.377 e. The van der Waals surface area contributed by atoms with Crippen molar-refractivity contribution in [2.24, 2.45) is 5.41 Å². The zero-order valence-electron chi connectivity index (χ0n) is 40.1. The van der Waals surface area contributed by atoms with Crippen molar-refractivity contribution in [1.29, 1.82) is 0 Å². The molecule has 6 aromatic rings. The third kappa shape index (κ3) is 9.79. The van der Waals surface area contributed by atoms with Crippen molar-refractivity contribution in [1.82, 2.24) is 29.1 Å². The fourth-order valence-electron chi connectivity index (χ4n) is 10.5. The van der Waals surface area contributed by atoms with Gasteiger partial charge in [-0.15, -0.1) is 0 Å². The van der Waals surface area contributed by atoms with Crippen LogP contribution in [0, 0.1) is 15.5 Å². The Labute approximate surface area is 413 Å². The fourth-order valence-corrected chi connectivity index (χ4v) is 11.7. The van der Waals surface area contributed by atoms with Crippen molar-refractivity contribution in [2.45, 2.75) is 77.0 Å². The number of amides is 1. The predicted molar refractivity (Wildman–Crippen MR) is 274 cm³/mol. The van der Waals surface area contributed by atoms with E-state index in [4.69, 9.17) is 26.1 Å². The average molecular weight is 991 g/mol. The molecule has 3 N–H and O–H groups in total. The Morgan fingerprint density at radius 1 is 1.00 bits per heavy atom. The van der Waals surface area contributed by atoms with E-state index in [1.807, 2.05) is 36.5 Å². The third-order valence-corrected chi connectivity index (χ3v) is 16.1. The van der Waals surface area contributed by atoms with Crippen LogP contribution in [0.2, 0.25) is 5.02 Å². The lowest BCUT2D eigenvalue weighted by Gasteiger charge is -2.39. The van der Waals surface area contributed by atoms with Gasteiger partial charge < -0.3 is 29.2 Å². The first kappa shape index (κ1) is 47.8. The van der Waals surface area contributed by atoms with Crippen LogP contribution in [0.3, 0.4) is 0 Å². The van der Waals surface area contributed by atoms with Gasteiger partial charge in [-0.2, -0.15) is 0 Å². The van der Waals surface area contributed by atoms with Crippen molar-refractivity contribution in [2.75, 3.05) is 75.9 Å². The second-order valence-electron chi connectivity index (χ2n) is 20.1. The first-order valence-corrected chi connectivity index (χ1v) is 26.1. The molecular weight excluding hydrogens is 930 g/mol. The maximum absolute atomic E-state index is 14.7. The lowest BCUT2D eigenvalue weighted by atomic mass is 9.72. The van der Waals surface area contributed by atoms with Gasteiger partial charge in [0.25, 0.3) is 21.6 Å². The third-order valence-electron chi connectivity index (χ3n) is 14.5. The standard InChI is InChI=1S/C52H60ClN9O7S/c1-33(2)60-18-15-45-43(31-60)49-48(25-35-14-17-54-50(35)56-49)61(45)46-26-38(59-21-19-58(20-22-59)30-36-13-16-52(3,4)28-42(36)34-5-7-37(53)8-6-34)9-11-41(46)51(63)57-70(66,67)40-10-12-44(47(27-40)62(64)65)55-29-39-32-68-23-24-69-39/h5-12,14,17,25-27,33,39,55H,13,15-16,18-24,28-32H2,1-4H3,(H,54,56)(H,57,63)/t39-/m0/s1. The summed E-state index contributed by atoms with van der Waals surface area (Å²) in [5.74, 6) is -0.864. The first-order chi connectivity index (χ1) is 33.6. The number of carbonyl (C=O) groups is 1. The number of piperazine rings is 1. The summed E-state index contributed by atoms with van der Waals surface area (Å²) in [6.07, 6.45) is 5.41. The van der Waals surface area contributed by atoms with Crippen LogP contribution in [0.15, 0.2) is 89.5 Å². The molecule has 2 saturated heterocycles. The summed E-state index contributed by atoms with van der Waals surface area (Å²) in [6, 6.07) is 21.7. The number of nitro benzene ring substituents is 1. The maximum Gasteiger partial charge on any atom is 0.293 e. The van der Waals surface area contributed by atoms with Gasteiger partial charge in [-0.05, 0) is 104 Å². The van der Waals surface area contributed by atoms with Gasteiger partial charge in [-0.1, -0.05) is 43.2 Å². The highest BCUT2D eigenvalue weighted by atomic mass is 35.5. The number of sulfonamides is 1. The number of pyridine rings is 1. The number of hydrogen-bond acceptors (Lipinski definition) is 12. The summed E-state index contributed by atoms with van der Waals surface area (Å²) < 4.78 is 43.8. The molecule has 16 nitrogen and oxygen atoms in total. The minimum Gasteiger partial charge on any atom is -0.377 e. The number of ether oxygens (including phenoxy) is 2. The number of benzene rings is 3. The van der Waals surface area contributed by atoms with Crippen molar-refractivity contribution in [3.8, 4) is 5.69 Å². The van der Waals surface area contributed by atoms with Gasteiger partial charge in [0, 0.05) is 104 Å². The Kier molecular flexibility index (Phi) is 13.3. The molecule has 70 heavy (non-hydrogen) atoms. The molecule has 0 unspecified atom stereocenters. The van der Waals surface area contributed by atoms with Gasteiger partial charge in [-0.3, -0.25) is 24.7 Å². The Morgan fingerprint density at radius 2 is 1.80 bits per heavy atom. The molecule has 10 rings (SSSR count).